The van der Waals surface area contributed by atoms with Crippen LogP contribution in [0.1, 0.15) is 10.4 Å². The molecular weight excluding hydrogens is 386 g/mol. The second-order valence-electron chi connectivity index (χ2n) is 6.90. The Hall–Kier alpha value is -4.05. The number of benzene rings is 4. The van der Waals surface area contributed by atoms with E-state index in [-0.39, 0.29) is 5.91 Å². The normalized spacial score (nSPS) is 10.3. The number of rotatable bonds is 8. The summed E-state index contributed by atoms with van der Waals surface area (Å²) < 4.78 is 11.5. The Labute approximate surface area is 182 Å². The largest absolute Gasteiger partial charge is 0.490 e. The van der Waals surface area contributed by atoms with Gasteiger partial charge in [-0.05, 0) is 47.5 Å². The number of anilines is 1. The third kappa shape index (κ3) is 5.52. The van der Waals surface area contributed by atoms with Crippen molar-refractivity contribution in [2.45, 2.75) is 0 Å². The summed E-state index contributed by atoms with van der Waals surface area (Å²) in [6.45, 7) is 0.779. The van der Waals surface area contributed by atoms with Crippen molar-refractivity contribution in [1.29, 1.82) is 0 Å². The summed E-state index contributed by atoms with van der Waals surface area (Å²) >= 11 is 0. The van der Waals surface area contributed by atoms with Crippen molar-refractivity contribution in [2.75, 3.05) is 18.5 Å². The van der Waals surface area contributed by atoms with Crippen LogP contribution in [0, 0.1) is 0 Å². The molecule has 154 valence electrons. The first-order valence-corrected chi connectivity index (χ1v) is 10.2. The van der Waals surface area contributed by atoms with E-state index in [0.717, 1.165) is 16.9 Å². The van der Waals surface area contributed by atoms with Gasteiger partial charge in [0.25, 0.3) is 5.91 Å². The first-order chi connectivity index (χ1) is 15.3. The molecular formula is C27H23NO3. The van der Waals surface area contributed by atoms with Gasteiger partial charge in [-0.2, -0.15) is 0 Å². The number of hydrogen-bond donors (Lipinski definition) is 1. The van der Waals surface area contributed by atoms with Gasteiger partial charge in [0, 0.05) is 5.56 Å². The van der Waals surface area contributed by atoms with E-state index in [0.29, 0.717) is 30.2 Å². The van der Waals surface area contributed by atoms with Crippen LogP contribution < -0.4 is 14.8 Å². The average molecular weight is 409 g/mol. The monoisotopic (exact) mass is 409 g/mol. The van der Waals surface area contributed by atoms with Gasteiger partial charge in [-0.3, -0.25) is 4.79 Å². The number of amides is 1. The van der Waals surface area contributed by atoms with Gasteiger partial charge in [-0.1, -0.05) is 72.8 Å². The lowest BCUT2D eigenvalue weighted by atomic mass is 10.0. The summed E-state index contributed by atoms with van der Waals surface area (Å²) in [4.78, 5) is 12.7. The van der Waals surface area contributed by atoms with E-state index < -0.39 is 0 Å². The molecule has 0 aliphatic heterocycles. The summed E-state index contributed by atoms with van der Waals surface area (Å²) in [7, 11) is 0. The van der Waals surface area contributed by atoms with Crippen LogP contribution >= 0.6 is 0 Å². The maximum atomic E-state index is 12.7. The molecule has 4 nitrogen and oxygen atoms in total. The molecule has 0 aliphatic rings. The van der Waals surface area contributed by atoms with Crippen molar-refractivity contribution < 1.29 is 14.3 Å². The third-order valence-corrected chi connectivity index (χ3v) is 4.74. The van der Waals surface area contributed by atoms with Gasteiger partial charge in [-0.25, -0.2) is 0 Å². The number of para-hydroxylation sites is 3. The second kappa shape index (κ2) is 10.1. The molecule has 0 radical (unpaired) electrons. The Morgan fingerprint density at radius 1 is 0.613 bits per heavy atom. The van der Waals surface area contributed by atoms with Crippen LogP contribution in [0.25, 0.3) is 11.1 Å². The molecule has 0 saturated carbocycles. The Morgan fingerprint density at radius 2 is 1.19 bits per heavy atom. The lowest BCUT2D eigenvalue weighted by Crippen LogP contribution is -2.14. The molecule has 0 bridgehead atoms. The van der Waals surface area contributed by atoms with Crippen LogP contribution in [0.2, 0.25) is 0 Å². The fourth-order valence-electron chi connectivity index (χ4n) is 3.16. The number of ether oxygens (including phenoxy) is 2. The molecule has 0 aliphatic carbocycles. The predicted octanol–water partition coefficient (Wildman–Crippen LogP) is 6.06. The van der Waals surface area contributed by atoms with Gasteiger partial charge < -0.3 is 14.8 Å². The Balaban J connectivity index is 1.36. The maximum Gasteiger partial charge on any atom is 0.255 e. The summed E-state index contributed by atoms with van der Waals surface area (Å²) in [5.41, 5.74) is 3.39. The van der Waals surface area contributed by atoms with Crippen LogP contribution in [0.3, 0.4) is 0 Å². The molecule has 1 N–H and O–H groups in total. The second-order valence-corrected chi connectivity index (χ2v) is 6.90. The molecule has 0 atom stereocenters. The van der Waals surface area contributed by atoms with Crippen molar-refractivity contribution in [3.8, 4) is 22.6 Å². The third-order valence-electron chi connectivity index (χ3n) is 4.74. The smallest absolute Gasteiger partial charge is 0.255 e. The zero-order chi connectivity index (χ0) is 21.3. The molecule has 0 fully saturated rings. The first kappa shape index (κ1) is 20.2. The highest BCUT2D eigenvalue weighted by Crippen LogP contribution is 2.25. The van der Waals surface area contributed by atoms with Crippen molar-refractivity contribution in [2.24, 2.45) is 0 Å². The Kier molecular flexibility index (Phi) is 6.61. The molecule has 0 aromatic heterocycles. The highest BCUT2D eigenvalue weighted by atomic mass is 16.5. The number of nitrogens with one attached hydrogen (secondary N) is 1. The van der Waals surface area contributed by atoms with E-state index in [4.69, 9.17) is 9.47 Å². The van der Waals surface area contributed by atoms with Crippen LogP contribution in [0.5, 0.6) is 11.5 Å². The van der Waals surface area contributed by atoms with Crippen molar-refractivity contribution in [1.82, 2.24) is 0 Å². The van der Waals surface area contributed by atoms with E-state index in [1.54, 1.807) is 0 Å². The quantitative estimate of drug-likeness (QED) is 0.360. The van der Waals surface area contributed by atoms with Gasteiger partial charge in [0.2, 0.25) is 0 Å². The summed E-state index contributed by atoms with van der Waals surface area (Å²) in [5.74, 6) is 1.22. The number of hydrogen-bond acceptors (Lipinski definition) is 3. The Morgan fingerprint density at radius 3 is 1.94 bits per heavy atom. The minimum Gasteiger partial charge on any atom is -0.490 e. The van der Waals surface area contributed by atoms with Crippen LogP contribution in [0.4, 0.5) is 5.69 Å². The SMILES string of the molecule is O=C(Nc1ccccc1OCCOc1ccccc1)c1ccc(-c2ccccc2)cc1. The maximum absolute atomic E-state index is 12.7. The van der Waals surface area contributed by atoms with Crippen molar-refractivity contribution >= 4 is 11.6 Å². The molecule has 1 amide bonds. The van der Waals surface area contributed by atoms with E-state index >= 15 is 0 Å². The molecule has 0 spiro atoms. The molecule has 4 aromatic carbocycles. The number of carbonyl (C=O) groups is 1. The summed E-state index contributed by atoms with van der Waals surface area (Å²) in [5, 5.41) is 2.94. The zero-order valence-corrected chi connectivity index (χ0v) is 17.0. The predicted molar refractivity (Wildman–Crippen MR) is 124 cm³/mol. The van der Waals surface area contributed by atoms with Crippen molar-refractivity contribution in [3.05, 3.63) is 115 Å². The average Bonchev–Trinajstić information content (AvgIpc) is 2.84. The van der Waals surface area contributed by atoms with Crippen molar-refractivity contribution in [3.63, 3.8) is 0 Å². The minimum absolute atomic E-state index is 0.184. The lowest BCUT2D eigenvalue weighted by molar-refractivity contribution is 0.102. The Bertz CT molecular complexity index is 1110. The summed E-state index contributed by atoms with van der Waals surface area (Å²) in [6.07, 6.45) is 0. The van der Waals surface area contributed by atoms with Crippen LogP contribution in [0.15, 0.2) is 109 Å². The van der Waals surface area contributed by atoms with E-state index in [2.05, 4.69) is 5.32 Å². The van der Waals surface area contributed by atoms with Gasteiger partial charge in [0.1, 0.15) is 24.7 Å². The molecule has 0 saturated heterocycles. The molecule has 4 aromatic rings. The lowest BCUT2D eigenvalue weighted by Gasteiger charge is -2.13. The highest BCUT2D eigenvalue weighted by molar-refractivity contribution is 6.05. The van der Waals surface area contributed by atoms with Crippen LogP contribution in [-0.4, -0.2) is 19.1 Å². The fourth-order valence-corrected chi connectivity index (χ4v) is 3.16. The van der Waals surface area contributed by atoms with E-state index in [1.165, 1.54) is 0 Å². The summed E-state index contributed by atoms with van der Waals surface area (Å²) in [6, 6.07) is 34.6. The molecule has 31 heavy (non-hydrogen) atoms. The molecule has 0 heterocycles. The topological polar surface area (TPSA) is 47.6 Å². The molecule has 4 heteroatoms. The fraction of sp³-hybridized carbons (Fsp3) is 0.0741. The van der Waals surface area contributed by atoms with Gasteiger partial charge >= 0.3 is 0 Å². The number of carbonyl (C=O) groups excluding carboxylic acids is 1. The molecule has 4 rings (SSSR count). The standard InChI is InChI=1S/C27H23NO3/c29-27(23-17-15-22(16-18-23)21-9-3-1-4-10-21)28-25-13-7-8-14-26(25)31-20-19-30-24-11-5-2-6-12-24/h1-18H,19-20H2,(H,28,29). The van der Waals surface area contributed by atoms with Crippen LogP contribution in [-0.2, 0) is 0 Å². The molecule has 0 unspecified atom stereocenters. The van der Waals surface area contributed by atoms with E-state index in [9.17, 15) is 4.79 Å². The first-order valence-electron chi connectivity index (χ1n) is 10.2. The highest BCUT2D eigenvalue weighted by Gasteiger charge is 2.10. The minimum atomic E-state index is -0.184. The van der Waals surface area contributed by atoms with E-state index in [1.807, 2.05) is 109 Å². The van der Waals surface area contributed by atoms with Gasteiger partial charge in [0.15, 0.2) is 0 Å². The van der Waals surface area contributed by atoms with Gasteiger partial charge in [0.05, 0.1) is 5.69 Å². The zero-order valence-electron chi connectivity index (χ0n) is 17.0. The van der Waals surface area contributed by atoms with Gasteiger partial charge in [-0.15, -0.1) is 0 Å².